The molecule has 0 aliphatic rings. The molecule has 4 rings (SSSR count). The molecule has 2 N–H and O–H groups in total. The number of ether oxygens (including phenoxy) is 1. The molecule has 0 saturated carbocycles. The number of phenolic OH excluding ortho intramolecular Hbond substituents is 1. The van der Waals surface area contributed by atoms with Gasteiger partial charge in [-0.05, 0) is 28.0 Å². The molecule has 6 heteroatoms. The highest BCUT2D eigenvalue weighted by atomic mass is 16.5. The number of nitrogens with one attached hydrogen (secondary N) is 1. The first-order chi connectivity index (χ1) is 17.5. The first-order valence-corrected chi connectivity index (χ1v) is 11.7. The van der Waals surface area contributed by atoms with E-state index in [-0.39, 0.29) is 5.75 Å². The number of carbonyl (C=O) groups is 2. The molecule has 0 saturated heterocycles. The van der Waals surface area contributed by atoms with E-state index in [1.54, 1.807) is 6.07 Å². The van der Waals surface area contributed by atoms with E-state index in [1.165, 1.54) is 13.3 Å². The van der Waals surface area contributed by atoms with Gasteiger partial charge in [0.05, 0.1) is 7.11 Å². The first kappa shape index (κ1) is 24.7. The molecular formula is C30H28N2O4. The van der Waals surface area contributed by atoms with Gasteiger partial charge in [-0.25, -0.2) is 4.79 Å². The maximum Gasteiger partial charge on any atom is 0.328 e. The van der Waals surface area contributed by atoms with Crippen molar-refractivity contribution in [3.8, 4) is 5.75 Å². The number of hydrogen-bond acceptors (Lipinski definition) is 5. The summed E-state index contributed by atoms with van der Waals surface area (Å²) < 4.78 is 4.95. The molecule has 0 aliphatic carbocycles. The van der Waals surface area contributed by atoms with Crippen LogP contribution in [-0.4, -0.2) is 42.4 Å². The summed E-state index contributed by atoms with van der Waals surface area (Å²) in [6.45, 7) is 0. The second kappa shape index (κ2) is 11.8. The number of esters is 1. The summed E-state index contributed by atoms with van der Waals surface area (Å²) in [5.41, 5.74) is 2.36. The third-order valence-electron chi connectivity index (χ3n) is 5.99. The first-order valence-electron chi connectivity index (χ1n) is 11.7. The van der Waals surface area contributed by atoms with E-state index < -0.39 is 24.0 Å². The number of fused-ring (bicyclic) bond motifs is 1. The minimum Gasteiger partial charge on any atom is -0.507 e. The number of hydrogen-bond donors (Lipinski definition) is 2. The summed E-state index contributed by atoms with van der Waals surface area (Å²) in [6, 6.07) is 28.4. The van der Waals surface area contributed by atoms with Gasteiger partial charge in [-0.1, -0.05) is 91.0 Å². The van der Waals surface area contributed by atoms with Crippen LogP contribution in [0.1, 0.15) is 16.7 Å². The van der Waals surface area contributed by atoms with Crippen molar-refractivity contribution in [2.24, 2.45) is 4.99 Å². The van der Waals surface area contributed by atoms with Gasteiger partial charge in [-0.15, -0.1) is 0 Å². The molecule has 0 unspecified atom stereocenters. The van der Waals surface area contributed by atoms with Crippen molar-refractivity contribution < 1.29 is 19.4 Å². The van der Waals surface area contributed by atoms with Crippen LogP contribution in [0, 0.1) is 0 Å². The lowest BCUT2D eigenvalue weighted by Crippen LogP contribution is -2.47. The molecular weight excluding hydrogens is 452 g/mol. The van der Waals surface area contributed by atoms with Gasteiger partial charge in [0, 0.05) is 24.6 Å². The Labute approximate surface area is 210 Å². The highest BCUT2D eigenvalue weighted by Crippen LogP contribution is 2.25. The minimum absolute atomic E-state index is 0.0767. The van der Waals surface area contributed by atoms with Crippen molar-refractivity contribution in [2.45, 2.75) is 24.9 Å². The Hall–Kier alpha value is -4.45. The highest BCUT2D eigenvalue weighted by Gasteiger charge is 2.26. The van der Waals surface area contributed by atoms with Crippen LogP contribution in [0.15, 0.2) is 102 Å². The topological polar surface area (TPSA) is 88.0 Å². The second-order valence-corrected chi connectivity index (χ2v) is 8.48. The molecule has 6 nitrogen and oxygen atoms in total. The maximum absolute atomic E-state index is 13.4. The number of aromatic hydroxyl groups is 1. The Morgan fingerprint density at radius 2 is 1.47 bits per heavy atom. The Bertz CT molecular complexity index is 1350. The van der Waals surface area contributed by atoms with Crippen molar-refractivity contribution in [1.29, 1.82) is 0 Å². The van der Waals surface area contributed by atoms with Gasteiger partial charge in [0.25, 0.3) is 0 Å². The fourth-order valence-electron chi connectivity index (χ4n) is 4.09. The summed E-state index contributed by atoms with van der Waals surface area (Å²) in [4.78, 5) is 30.5. The third-order valence-corrected chi connectivity index (χ3v) is 5.99. The Morgan fingerprint density at radius 1 is 0.861 bits per heavy atom. The molecule has 4 aromatic carbocycles. The zero-order chi connectivity index (χ0) is 25.3. The van der Waals surface area contributed by atoms with Crippen LogP contribution in [-0.2, 0) is 27.2 Å². The van der Waals surface area contributed by atoms with E-state index in [0.29, 0.717) is 18.4 Å². The van der Waals surface area contributed by atoms with Gasteiger partial charge >= 0.3 is 5.97 Å². The molecule has 0 heterocycles. The number of methoxy groups -OCH3 is 1. The number of nitrogens with zero attached hydrogens (tertiary/aromatic N) is 1. The maximum atomic E-state index is 13.4. The zero-order valence-corrected chi connectivity index (χ0v) is 20.0. The minimum atomic E-state index is -0.857. The summed E-state index contributed by atoms with van der Waals surface area (Å²) >= 11 is 0. The summed E-state index contributed by atoms with van der Waals surface area (Å²) in [6.07, 6.45) is 2.16. The SMILES string of the molecule is COC(=O)[C@H](Cc1ccccc1)NC(=O)[C@H](Cc1ccccc1)N=Cc1c(O)ccc2ccccc12. The van der Waals surface area contributed by atoms with Crippen molar-refractivity contribution in [1.82, 2.24) is 5.32 Å². The van der Waals surface area contributed by atoms with Crippen LogP contribution < -0.4 is 5.32 Å². The molecule has 0 fully saturated rings. The largest absolute Gasteiger partial charge is 0.507 e. The van der Waals surface area contributed by atoms with E-state index in [4.69, 9.17) is 4.74 Å². The lowest BCUT2D eigenvalue weighted by molar-refractivity contribution is -0.145. The number of benzene rings is 4. The molecule has 1 amide bonds. The Morgan fingerprint density at radius 3 is 2.14 bits per heavy atom. The second-order valence-electron chi connectivity index (χ2n) is 8.48. The number of amides is 1. The van der Waals surface area contributed by atoms with E-state index >= 15 is 0 Å². The monoisotopic (exact) mass is 480 g/mol. The van der Waals surface area contributed by atoms with E-state index in [2.05, 4.69) is 10.3 Å². The smallest absolute Gasteiger partial charge is 0.328 e. The van der Waals surface area contributed by atoms with E-state index in [0.717, 1.165) is 21.9 Å². The molecule has 0 aliphatic heterocycles. The molecule has 4 aromatic rings. The average molecular weight is 481 g/mol. The van der Waals surface area contributed by atoms with E-state index in [1.807, 2.05) is 91.0 Å². The summed E-state index contributed by atoms with van der Waals surface area (Å²) in [7, 11) is 1.30. The normalized spacial score (nSPS) is 12.8. The van der Waals surface area contributed by atoms with Crippen LogP contribution in [0.4, 0.5) is 0 Å². The predicted octanol–water partition coefficient (Wildman–Crippen LogP) is 4.48. The van der Waals surface area contributed by atoms with Crippen molar-refractivity contribution in [3.63, 3.8) is 0 Å². The standard InChI is InChI=1S/C30H28N2O4/c1-36-30(35)27(19-22-12-6-3-7-13-22)32-29(34)26(18-21-10-4-2-5-11-21)31-20-25-24-15-9-8-14-23(24)16-17-28(25)33/h2-17,20,26-27,33H,18-19H2,1H3,(H,32,34)/t26-,27-/m0/s1. The molecule has 182 valence electrons. The van der Waals surface area contributed by atoms with Crippen molar-refractivity contribution in [3.05, 3.63) is 114 Å². The molecule has 36 heavy (non-hydrogen) atoms. The van der Waals surface area contributed by atoms with Gasteiger partial charge in [0.2, 0.25) is 5.91 Å². The summed E-state index contributed by atoms with van der Waals surface area (Å²) in [5.74, 6) is -0.852. The van der Waals surface area contributed by atoms with Crippen molar-refractivity contribution in [2.75, 3.05) is 7.11 Å². The number of phenols is 1. The number of carbonyl (C=O) groups excluding carboxylic acids is 2. The van der Waals surface area contributed by atoms with Crippen LogP contribution in [0.5, 0.6) is 5.75 Å². The van der Waals surface area contributed by atoms with Crippen molar-refractivity contribution >= 4 is 28.9 Å². The Balaban J connectivity index is 1.63. The lowest BCUT2D eigenvalue weighted by Gasteiger charge is -2.20. The molecule has 0 aromatic heterocycles. The van der Waals surface area contributed by atoms with Crippen LogP contribution in [0.25, 0.3) is 10.8 Å². The van der Waals surface area contributed by atoms with Crippen LogP contribution in [0.3, 0.4) is 0 Å². The Kier molecular flexibility index (Phi) is 8.08. The van der Waals surface area contributed by atoms with Gasteiger partial charge in [0.1, 0.15) is 17.8 Å². The van der Waals surface area contributed by atoms with Gasteiger partial charge in [-0.2, -0.15) is 0 Å². The fraction of sp³-hybridized carbons (Fsp3) is 0.167. The molecule has 2 atom stereocenters. The summed E-state index contributed by atoms with van der Waals surface area (Å²) in [5, 5.41) is 15.1. The highest BCUT2D eigenvalue weighted by molar-refractivity contribution is 6.03. The quantitative estimate of drug-likeness (QED) is 0.273. The predicted molar refractivity (Wildman–Crippen MR) is 141 cm³/mol. The fourth-order valence-corrected chi connectivity index (χ4v) is 4.09. The molecule has 0 spiro atoms. The van der Waals surface area contributed by atoms with Crippen LogP contribution in [0.2, 0.25) is 0 Å². The van der Waals surface area contributed by atoms with Crippen LogP contribution >= 0.6 is 0 Å². The van der Waals surface area contributed by atoms with Gasteiger partial charge in [-0.3, -0.25) is 9.79 Å². The van der Waals surface area contributed by atoms with E-state index in [9.17, 15) is 14.7 Å². The molecule has 0 bridgehead atoms. The lowest BCUT2D eigenvalue weighted by atomic mass is 10.0. The third kappa shape index (κ3) is 6.16. The average Bonchev–Trinajstić information content (AvgIpc) is 2.92. The zero-order valence-electron chi connectivity index (χ0n) is 20.0. The molecule has 0 radical (unpaired) electrons. The van der Waals surface area contributed by atoms with Gasteiger partial charge < -0.3 is 15.2 Å². The number of aliphatic imine (C=N–C) groups is 1. The number of rotatable bonds is 9. The van der Waals surface area contributed by atoms with Gasteiger partial charge in [0.15, 0.2) is 0 Å².